The van der Waals surface area contributed by atoms with Crippen LogP contribution in [0, 0.1) is 6.92 Å². The highest BCUT2D eigenvalue weighted by molar-refractivity contribution is 7.80. The number of anilines is 2. The quantitative estimate of drug-likeness (QED) is 0.477. The zero-order chi connectivity index (χ0) is 23.4. The maximum absolute atomic E-state index is 13.5. The first-order valence-corrected chi connectivity index (χ1v) is 11.9. The van der Waals surface area contributed by atoms with Gasteiger partial charge in [0.2, 0.25) is 5.91 Å². The fourth-order valence-electron chi connectivity index (χ4n) is 3.85. The molecule has 6 nitrogen and oxygen atoms in total. The van der Waals surface area contributed by atoms with E-state index in [2.05, 4.69) is 23.7 Å². The third-order valence-corrected chi connectivity index (χ3v) is 7.13. The van der Waals surface area contributed by atoms with Gasteiger partial charge in [-0.3, -0.25) is 14.5 Å². The number of thiophene rings is 1. The monoisotopic (exact) mass is 479 g/mol. The fraction of sp³-hybridized carbons (Fsp3) is 0.240. The number of aryl methyl sites for hydroxylation is 1. The molecule has 1 unspecified atom stereocenters. The number of nitrogens with zero attached hydrogens (tertiary/aromatic N) is 2. The predicted molar refractivity (Wildman–Crippen MR) is 136 cm³/mol. The van der Waals surface area contributed by atoms with E-state index in [9.17, 15) is 9.59 Å². The van der Waals surface area contributed by atoms with Gasteiger partial charge in [0, 0.05) is 17.1 Å². The molecule has 2 amide bonds. The third kappa shape index (κ3) is 5.07. The van der Waals surface area contributed by atoms with Crippen molar-refractivity contribution in [3.63, 3.8) is 0 Å². The lowest BCUT2D eigenvalue weighted by Gasteiger charge is -2.24. The van der Waals surface area contributed by atoms with Crippen molar-refractivity contribution in [3.8, 4) is 5.75 Å². The van der Waals surface area contributed by atoms with Crippen LogP contribution in [0.5, 0.6) is 5.75 Å². The number of para-hydroxylation sites is 1. The van der Waals surface area contributed by atoms with Crippen molar-refractivity contribution in [1.29, 1.82) is 0 Å². The number of carbonyl (C=O) groups excluding carboxylic acids is 2. The Kier molecular flexibility index (Phi) is 7.05. The van der Waals surface area contributed by atoms with Crippen LogP contribution < -0.4 is 15.0 Å². The molecule has 1 N–H and O–H groups in total. The Hall–Kier alpha value is -3.23. The Bertz CT molecular complexity index is 1150. The van der Waals surface area contributed by atoms with Gasteiger partial charge in [0.15, 0.2) is 5.11 Å². The second-order valence-electron chi connectivity index (χ2n) is 7.76. The van der Waals surface area contributed by atoms with Gasteiger partial charge in [0.05, 0.1) is 19.2 Å². The molecule has 0 bridgehead atoms. The molecule has 0 spiro atoms. The van der Waals surface area contributed by atoms with E-state index >= 15 is 0 Å². The summed E-state index contributed by atoms with van der Waals surface area (Å²) < 4.78 is 5.23. The molecule has 0 aliphatic carbocycles. The molecular weight excluding hydrogens is 454 g/mol. The number of benzene rings is 2. The fourth-order valence-corrected chi connectivity index (χ4v) is 5.16. The second-order valence-corrected chi connectivity index (χ2v) is 9.12. The maximum atomic E-state index is 13.5. The van der Waals surface area contributed by atoms with E-state index in [0.717, 1.165) is 6.42 Å². The van der Waals surface area contributed by atoms with Crippen molar-refractivity contribution in [2.75, 3.05) is 23.9 Å². The van der Waals surface area contributed by atoms with E-state index in [-0.39, 0.29) is 18.2 Å². The number of carbonyl (C=O) groups is 2. The van der Waals surface area contributed by atoms with Gasteiger partial charge in [-0.2, -0.15) is 0 Å². The summed E-state index contributed by atoms with van der Waals surface area (Å²) in [4.78, 5) is 31.0. The minimum atomic E-state index is -0.663. The van der Waals surface area contributed by atoms with Gasteiger partial charge < -0.3 is 15.0 Å². The summed E-state index contributed by atoms with van der Waals surface area (Å²) in [6.07, 6.45) is 0.772. The summed E-state index contributed by atoms with van der Waals surface area (Å²) in [7, 11) is 1.59. The molecule has 2 heterocycles. The zero-order valence-electron chi connectivity index (χ0n) is 18.5. The van der Waals surface area contributed by atoms with Crippen LogP contribution in [0.1, 0.15) is 16.9 Å². The normalized spacial score (nSPS) is 15.8. The van der Waals surface area contributed by atoms with Crippen molar-refractivity contribution in [3.05, 3.63) is 76.5 Å². The predicted octanol–water partition coefficient (Wildman–Crippen LogP) is 4.64. The van der Waals surface area contributed by atoms with Crippen LogP contribution in [0.15, 0.2) is 66.0 Å². The number of hydrogen-bond donors (Lipinski definition) is 1. The number of methoxy groups -OCH3 is 1. The first kappa shape index (κ1) is 22.9. The van der Waals surface area contributed by atoms with Crippen molar-refractivity contribution < 1.29 is 14.3 Å². The number of hydrogen-bond acceptors (Lipinski definition) is 5. The standard InChI is InChI=1S/C25H25N3O3S2/c1-17-13-15-33-22(17)12-14-27-21(16-23(29)26-18-6-4-3-5-7-18)24(30)28(25(27)32)19-8-10-20(31-2)11-9-19/h3-11,13,15,21H,12,14,16H2,1-2H3,(H,26,29). The first-order chi connectivity index (χ1) is 16.0. The topological polar surface area (TPSA) is 61.9 Å². The average Bonchev–Trinajstić information content (AvgIpc) is 3.33. The highest BCUT2D eigenvalue weighted by atomic mass is 32.1. The van der Waals surface area contributed by atoms with Gasteiger partial charge in [-0.25, -0.2) is 0 Å². The number of thiocarbonyl (C=S) groups is 1. The number of rotatable bonds is 8. The van der Waals surface area contributed by atoms with Gasteiger partial charge in [0.1, 0.15) is 11.8 Å². The van der Waals surface area contributed by atoms with Gasteiger partial charge in [-0.05, 0) is 79.0 Å². The highest BCUT2D eigenvalue weighted by Crippen LogP contribution is 2.29. The molecule has 1 saturated heterocycles. The number of amides is 2. The minimum Gasteiger partial charge on any atom is -0.497 e. The molecule has 1 fully saturated rings. The molecule has 0 saturated carbocycles. The van der Waals surface area contributed by atoms with Crippen molar-refractivity contribution in [2.24, 2.45) is 0 Å². The Morgan fingerprint density at radius 3 is 2.48 bits per heavy atom. The zero-order valence-corrected chi connectivity index (χ0v) is 20.1. The molecule has 3 aromatic rings. The SMILES string of the molecule is COc1ccc(N2C(=O)C(CC(=O)Nc3ccccc3)N(CCc3sccc3C)C2=S)cc1. The van der Waals surface area contributed by atoms with Crippen molar-refractivity contribution >= 4 is 51.9 Å². The van der Waals surface area contributed by atoms with Gasteiger partial charge in [0.25, 0.3) is 5.91 Å². The molecule has 33 heavy (non-hydrogen) atoms. The lowest BCUT2D eigenvalue weighted by molar-refractivity contribution is -0.124. The van der Waals surface area contributed by atoms with Crippen LogP contribution in [-0.2, 0) is 16.0 Å². The van der Waals surface area contributed by atoms with Gasteiger partial charge in [-0.15, -0.1) is 11.3 Å². The summed E-state index contributed by atoms with van der Waals surface area (Å²) in [5.41, 5.74) is 2.58. The van der Waals surface area contributed by atoms with Crippen LogP contribution in [0.4, 0.5) is 11.4 Å². The van der Waals surface area contributed by atoms with E-state index < -0.39 is 6.04 Å². The molecule has 170 valence electrons. The first-order valence-electron chi connectivity index (χ1n) is 10.6. The summed E-state index contributed by atoms with van der Waals surface area (Å²) in [6, 6.07) is 17.8. The van der Waals surface area contributed by atoms with E-state index in [1.54, 1.807) is 42.7 Å². The molecule has 1 aromatic heterocycles. The van der Waals surface area contributed by atoms with Gasteiger partial charge in [-0.1, -0.05) is 18.2 Å². The second kappa shape index (κ2) is 10.1. The smallest absolute Gasteiger partial charge is 0.256 e. The molecule has 2 aromatic carbocycles. The number of ether oxygens (including phenoxy) is 1. The van der Waals surface area contributed by atoms with Crippen molar-refractivity contribution in [2.45, 2.75) is 25.8 Å². The Labute approximate surface area is 202 Å². The van der Waals surface area contributed by atoms with Gasteiger partial charge >= 0.3 is 0 Å². The van der Waals surface area contributed by atoms with E-state index in [1.165, 1.54) is 15.3 Å². The molecule has 8 heteroatoms. The largest absolute Gasteiger partial charge is 0.497 e. The lowest BCUT2D eigenvalue weighted by Crippen LogP contribution is -2.39. The van der Waals surface area contributed by atoms with Crippen molar-refractivity contribution in [1.82, 2.24) is 4.90 Å². The van der Waals surface area contributed by atoms with E-state index in [4.69, 9.17) is 17.0 Å². The molecule has 0 radical (unpaired) electrons. The molecular formula is C25H25N3O3S2. The summed E-state index contributed by atoms with van der Waals surface area (Å²) >= 11 is 7.43. The summed E-state index contributed by atoms with van der Waals surface area (Å²) in [5, 5.41) is 5.35. The minimum absolute atomic E-state index is 0.0178. The molecule has 1 atom stereocenters. The van der Waals surface area contributed by atoms with Crippen LogP contribution in [0.25, 0.3) is 0 Å². The lowest BCUT2D eigenvalue weighted by atomic mass is 10.1. The Balaban J connectivity index is 1.56. The van der Waals surface area contributed by atoms with Crippen LogP contribution in [-0.4, -0.2) is 41.5 Å². The Morgan fingerprint density at radius 1 is 1.12 bits per heavy atom. The van der Waals surface area contributed by atoms with E-state index in [0.29, 0.717) is 28.8 Å². The molecule has 1 aliphatic heterocycles. The Morgan fingerprint density at radius 2 is 1.85 bits per heavy atom. The summed E-state index contributed by atoms with van der Waals surface area (Å²) in [5.74, 6) is 0.271. The van der Waals surface area contributed by atoms with Crippen LogP contribution in [0.2, 0.25) is 0 Å². The summed E-state index contributed by atoms with van der Waals surface area (Å²) in [6.45, 7) is 2.63. The molecule has 1 aliphatic rings. The molecule has 4 rings (SSSR count). The maximum Gasteiger partial charge on any atom is 0.256 e. The third-order valence-electron chi connectivity index (χ3n) is 5.63. The highest BCUT2D eigenvalue weighted by Gasteiger charge is 2.44. The van der Waals surface area contributed by atoms with Crippen LogP contribution >= 0.6 is 23.6 Å². The van der Waals surface area contributed by atoms with Crippen LogP contribution in [0.3, 0.4) is 0 Å². The van der Waals surface area contributed by atoms with E-state index in [1.807, 2.05) is 35.2 Å². The average molecular weight is 480 g/mol. The number of nitrogens with one attached hydrogen (secondary N) is 1.